The van der Waals surface area contributed by atoms with E-state index in [2.05, 4.69) is 17.6 Å². The lowest BCUT2D eigenvalue weighted by Crippen LogP contribution is -2.25. The summed E-state index contributed by atoms with van der Waals surface area (Å²) in [5.41, 5.74) is 1.30. The molecule has 0 radical (unpaired) electrons. The van der Waals surface area contributed by atoms with E-state index in [1.54, 1.807) is 24.3 Å². The van der Waals surface area contributed by atoms with Crippen LogP contribution in [0.1, 0.15) is 49.9 Å². The molecule has 0 saturated heterocycles. The Morgan fingerprint density at radius 2 is 1.82 bits per heavy atom. The molecule has 5 heteroatoms. The number of anilines is 1. The minimum absolute atomic E-state index is 0.00924. The van der Waals surface area contributed by atoms with Crippen LogP contribution >= 0.6 is 0 Å². The summed E-state index contributed by atoms with van der Waals surface area (Å²) in [6.45, 7) is 5.93. The summed E-state index contributed by atoms with van der Waals surface area (Å²) in [6.07, 6.45) is 3.20. The molecule has 5 nitrogen and oxygen atoms in total. The van der Waals surface area contributed by atoms with Crippen molar-refractivity contribution < 1.29 is 14.3 Å². The van der Waals surface area contributed by atoms with Gasteiger partial charge in [-0.1, -0.05) is 13.3 Å². The van der Waals surface area contributed by atoms with Gasteiger partial charge in [0.05, 0.1) is 0 Å². The number of nitrogens with one attached hydrogen (secondary N) is 2. The lowest BCUT2D eigenvalue weighted by Gasteiger charge is -2.07. The van der Waals surface area contributed by atoms with Gasteiger partial charge >= 0.3 is 0 Å². The first kappa shape index (κ1) is 18.2. The highest BCUT2D eigenvalue weighted by Gasteiger charge is 2.06. The molecule has 1 rings (SSSR count). The van der Waals surface area contributed by atoms with Crippen LogP contribution in [0.2, 0.25) is 0 Å². The highest BCUT2D eigenvalue weighted by Crippen LogP contribution is 2.10. The maximum absolute atomic E-state index is 11.9. The Morgan fingerprint density at radius 1 is 1.09 bits per heavy atom. The van der Waals surface area contributed by atoms with Crippen LogP contribution in [0.15, 0.2) is 24.3 Å². The van der Waals surface area contributed by atoms with E-state index in [9.17, 15) is 9.59 Å². The number of unbranched alkanes of at least 4 members (excludes halogenated alkanes) is 1. The molecule has 0 atom stereocenters. The Labute approximate surface area is 132 Å². The fourth-order valence-electron chi connectivity index (χ4n) is 1.89. The molecule has 0 heterocycles. The number of benzene rings is 1. The lowest BCUT2D eigenvalue weighted by atomic mass is 10.2. The van der Waals surface area contributed by atoms with E-state index in [4.69, 9.17) is 4.74 Å². The third-order valence-corrected chi connectivity index (χ3v) is 3.14. The van der Waals surface area contributed by atoms with E-state index in [0.717, 1.165) is 19.3 Å². The fourth-order valence-corrected chi connectivity index (χ4v) is 1.89. The minimum Gasteiger partial charge on any atom is -0.382 e. The van der Waals surface area contributed by atoms with E-state index in [1.807, 2.05) is 6.92 Å². The van der Waals surface area contributed by atoms with E-state index >= 15 is 0 Å². The molecule has 1 aromatic rings. The summed E-state index contributed by atoms with van der Waals surface area (Å²) in [4.78, 5) is 23.5. The number of carbonyl (C=O) groups is 2. The van der Waals surface area contributed by atoms with Crippen molar-refractivity contribution in [2.24, 2.45) is 0 Å². The number of amides is 2. The Morgan fingerprint density at radius 3 is 2.45 bits per heavy atom. The first-order valence-corrected chi connectivity index (χ1v) is 7.93. The van der Waals surface area contributed by atoms with Crippen LogP contribution in [0.3, 0.4) is 0 Å². The lowest BCUT2D eigenvalue weighted by molar-refractivity contribution is -0.116. The summed E-state index contributed by atoms with van der Waals surface area (Å²) in [7, 11) is 0. The first-order valence-electron chi connectivity index (χ1n) is 7.93. The van der Waals surface area contributed by atoms with Crippen molar-refractivity contribution >= 4 is 17.5 Å². The molecule has 0 unspecified atom stereocenters. The van der Waals surface area contributed by atoms with Gasteiger partial charge in [-0.05, 0) is 44.0 Å². The van der Waals surface area contributed by atoms with E-state index in [1.165, 1.54) is 0 Å². The zero-order chi connectivity index (χ0) is 16.2. The molecule has 2 amide bonds. The maximum atomic E-state index is 11.9. The van der Waals surface area contributed by atoms with Crippen LogP contribution < -0.4 is 10.6 Å². The van der Waals surface area contributed by atoms with Crippen LogP contribution in [0.4, 0.5) is 5.69 Å². The maximum Gasteiger partial charge on any atom is 0.251 e. The van der Waals surface area contributed by atoms with Crippen molar-refractivity contribution in [1.29, 1.82) is 0 Å². The van der Waals surface area contributed by atoms with Gasteiger partial charge in [-0.2, -0.15) is 0 Å². The molecule has 0 aromatic heterocycles. The van der Waals surface area contributed by atoms with E-state index in [0.29, 0.717) is 37.4 Å². The first-order chi connectivity index (χ1) is 10.7. The number of rotatable bonds is 10. The third kappa shape index (κ3) is 7.22. The number of hydrogen-bond acceptors (Lipinski definition) is 3. The molecule has 0 aliphatic heterocycles. The molecule has 0 bridgehead atoms. The molecule has 22 heavy (non-hydrogen) atoms. The van der Waals surface area contributed by atoms with Gasteiger partial charge < -0.3 is 15.4 Å². The summed E-state index contributed by atoms with van der Waals surface area (Å²) < 4.78 is 5.21. The van der Waals surface area contributed by atoms with Crippen LogP contribution in [0.5, 0.6) is 0 Å². The summed E-state index contributed by atoms with van der Waals surface area (Å²) in [6, 6.07) is 6.93. The smallest absolute Gasteiger partial charge is 0.251 e. The van der Waals surface area contributed by atoms with Gasteiger partial charge in [-0.25, -0.2) is 0 Å². The minimum atomic E-state index is -0.111. The highest BCUT2D eigenvalue weighted by atomic mass is 16.5. The molecule has 0 fully saturated rings. The molecule has 2 N–H and O–H groups in total. The summed E-state index contributed by atoms with van der Waals surface area (Å²) in [5.74, 6) is -0.102. The molecule has 0 aliphatic rings. The van der Waals surface area contributed by atoms with Gasteiger partial charge in [0.2, 0.25) is 5.91 Å². The normalized spacial score (nSPS) is 10.3. The van der Waals surface area contributed by atoms with Crippen molar-refractivity contribution in [3.05, 3.63) is 29.8 Å². The Hall–Kier alpha value is -1.88. The molecule has 0 saturated carbocycles. The molecule has 0 spiro atoms. The fraction of sp³-hybridized carbons (Fsp3) is 0.529. The molecular weight excluding hydrogens is 280 g/mol. The third-order valence-electron chi connectivity index (χ3n) is 3.14. The number of ether oxygens (including phenoxy) is 1. The van der Waals surface area contributed by atoms with E-state index < -0.39 is 0 Å². The topological polar surface area (TPSA) is 67.4 Å². The zero-order valence-electron chi connectivity index (χ0n) is 13.5. The molecule has 122 valence electrons. The van der Waals surface area contributed by atoms with E-state index in [-0.39, 0.29) is 11.8 Å². The van der Waals surface area contributed by atoms with Gasteiger partial charge in [0.25, 0.3) is 5.91 Å². The SMILES string of the molecule is CCCCC(=O)Nc1ccc(C(=O)NCCCOCC)cc1. The Kier molecular flexibility index (Phi) is 8.91. The number of hydrogen-bond donors (Lipinski definition) is 2. The van der Waals surface area contributed by atoms with Crippen LogP contribution in [-0.4, -0.2) is 31.6 Å². The molecular formula is C17H26N2O3. The average Bonchev–Trinajstić information content (AvgIpc) is 2.53. The van der Waals surface area contributed by atoms with Gasteiger partial charge in [-0.3, -0.25) is 9.59 Å². The van der Waals surface area contributed by atoms with Crippen molar-refractivity contribution in [3.8, 4) is 0 Å². The van der Waals surface area contributed by atoms with Gasteiger partial charge in [-0.15, -0.1) is 0 Å². The predicted octanol–water partition coefficient (Wildman–Crippen LogP) is 2.97. The Balaban J connectivity index is 2.37. The predicted molar refractivity (Wildman–Crippen MR) is 88.0 cm³/mol. The van der Waals surface area contributed by atoms with Crippen molar-refractivity contribution in [3.63, 3.8) is 0 Å². The standard InChI is InChI=1S/C17H26N2O3/c1-3-5-7-16(20)19-15-10-8-14(9-11-15)17(21)18-12-6-13-22-4-2/h8-11H,3-7,12-13H2,1-2H3,(H,18,21)(H,19,20). The van der Waals surface area contributed by atoms with Crippen LogP contribution in [-0.2, 0) is 9.53 Å². The molecule has 1 aromatic carbocycles. The van der Waals surface area contributed by atoms with Gasteiger partial charge in [0.15, 0.2) is 0 Å². The average molecular weight is 306 g/mol. The highest BCUT2D eigenvalue weighted by molar-refractivity contribution is 5.95. The van der Waals surface area contributed by atoms with Crippen molar-refractivity contribution in [2.75, 3.05) is 25.1 Å². The second kappa shape index (κ2) is 10.8. The largest absolute Gasteiger partial charge is 0.382 e. The monoisotopic (exact) mass is 306 g/mol. The number of carbonyl (C=O) groups excluding carboxylic acids is 2. The van der Waals surface area contributed by atoms with Crippen molar-refractivity contribution in [2.45, 2.75) is 39.5 Å². The van der Waals surface area contributed by atoms with Gasteiger partial charge in [0.1, 0.15) is 0 Å². The summed E-state index contributed by atoms with van der Waals surface area (Å²) >= 11 is 0. The summed E-state index contributed by atoms with van der Waals surface area (Å²) in [5, 5.41) is 5.66. The zero-order valence-corrected chi connectivity index (χ0v) is 13.5. The Bertz CT molecular complexity index is 457. The van der Waals surface area contributed by atoms with Gasteiger partial charge in [0, 0.05) is 37.4 Å². The quantitative estimate of drug-likeness (QED) is 0.653. The van der Waals surface area contributed by atoms with Crippen LogP contribution in [0, 0.1) is 0 Å². The van der Waals surface area contributed by atoms with Crippen LogP contribution in [0.25, 0.3) is 0 Å². The second-order valence-corrected chi connectivity index (χ2v) is 5.04. The van der Waals surface area contributed by atoms with Crippen molar-refractivity contribution in [1.82, 2.24) is 5.32 Å². The second-order valence-electron chi connectivity index (χ2n) is 5.04. The molecule has 0 aliphatic carbocycles.